The second-order valence-corrected chi connectivity index (χ2v) is 5.73. The fourth-order valence-corrected chi connectivity index (χ4v) is 2.37. The van der Waals surface area contributed by atoms with Gasteiger partial charge in [-0.25, -0.2) is 0 Å². The van der Waals surface area contributed by atoms with E-state index in [2.05, 4.69) is 0 Å². The Morgan fingerprint density at radius 3 is 2.23 bits per heavy atom. The zero-order valence-electron chi connectivity index (χ0n) is 12.7. The zero-order valence-corrected chi connectivity index (χ0v) is 12.7. The maximum Gasteiger partial charge on any atom is 0.227 e. The summed E-state index contributed by atoms with van der Waals surface area (Å²) in [6.45, 7) is 3.81. The zero-order chi connectivity index (χ0) is 15.6. The Bertz CT molecular complexity index is 687. The van der Waals surface area contributed by atoms with Crippen LogP contribution < -0.4 is 0 Å². The van der Waals surface area contributed by atoms with Gasteiger partial charge in [-0.1, -0.05) is 60.7 Å². The lowest BCUT2D eigenvalue weighted by atomic mass is 10.0. The van der Waals surface area contributed by atoms with Crippen molar-refractivity contribution in [3.05, 3.63) is 83.6 Å². The van der Waals surface area contributed by atoms with Crippen LogP contribution in [0.3, 0.4) is 0 Å². The highest BCUT2D eigenvalue weighted by Crippen LogP contribution is 2.40. The molecular formula is C19H18O3. The lowest BCUT2D eigenvalue weighted by Gasteiger charge is -2.15. The first-order valence-corrected chi connectivity index (χ1v) is 7.27. The summed E-state index contributed by atoms with van der Waals surface area (Å²) in [7, 11) is 0. The molecule has 112 valence electrons. The van der Waals surface area contributed by atoms with Crippen LogP contribution in [0.5, 0.6) is 0 Å². The third-order valence-electron chi connectivity index (χ3n) is 3.62. The summed E-state index contributed by atoms with van der Waals surface area (Å²) in [6.07, 6.45) is 1.05. The molecule has 0 spiro atoms. The largest absolute Gasteiger partial charge is 0.462 e. The molecule has 3 heteroatoms. The number of carbonyl (C=O) groups is 1. The fourth-order valence-electron chi connectivity index (χ4n) is 2.37. The predicted octanol–water partition coefficient (Wildman–Crippen LogP) is 4.28. The van der Waals surface area contributed by atoms with Gasteiger partial charge in [-0.05, 0) is 13.8 Å². The Kier molecular flexibility index (Phi) is 3.82. The highest BCUT2D eigenvalue weighted by molar-refractivity contribution is 6.04. The van der Waals surface area contributed by atoms with E-state index in [1.54, 1.807) is 12.1 Å². The second kappa shape index (κ2) is 5.78. The molecule has 3 nitrogen and oxygen atoms in total. The highest BCUT2D eigenvalue weighted by atomic mass is 16.7. The molecule has 1 aliphatic rings. The van der Waals surface area contributed by atoms with Gasteiger partial charge in [0.2, 0.25) is 6.29 Å². The third kappa shape index (κ3) is 2.95. The van der Waals surface area contributed by atoms with E-state index in [-0.39, 0.29) is 5.78 Å². The van der Waals surface area contributed by atoms with Crippen LogP contribution in [0, 0.1) is 0 Å². The van der Waals surface area contributed by atoms with Crippen molar-refractivity contribution >= 4 is 5.78 Å². The topological polar surface area (TPSA) is 35.5 Å². The van der Waals surface area contributed by atoms with Crippen LogP contribution in [0.15, 0.2) is 72.5 Å². The number of ketones is 1. The number of rotatable bonds is 3. The molecule has 1 heterocycles. The molecule has 2 aromatic carbocycles. The van der Waals surface area contributed by atoms with Crippen LogP contribution in [0.25, 0.3) is 0 Å². The molecule has 1 fully saturated rings. The summed E-state index contributed by atoms with van der Waals surface area (Å²) in [5, 5.41) is 0. The van der Waals surface area contributed by atoms with Gasteiger partial charge in [0.1, 0.15) is 11.4 Å². The molecule has 1 saturated heterocycles. The van der Waals surface area contributed by atoms with E-state index in [1.807, 2.05) is 62.4 Å². The third-order valence-corrected chi connectivity index (χ3v) is 3.62. The summed E-state index contributed by atoms with van der Waals surface area (Å²) in [6, 6.07) is 18.9. The number of hydrogen-bond acceptors (Lipinski definition) is 3. The second-order valence-electron chi connectivity index (χ2n) is 5.73. The van der Waals surface area contributed by atoms with Crippen molar-refractivity contribution in [3.63, 3.8) is 0 Å². The molecule has 3 rings (SSSR count). The standard InChI is InChI=1S/C19H18O3/c1-19(2)17(13-16(20)14-9-5-3-6-10-14)21-18(22-19)15-11-7-4-8-12-15/h3-13,18H,1-2H3/b17-13-/t18-/m1/s1. The quantitative estimate of drug-likeness (QED) is 0.626. The van der Waals surface area contributed by atoms with Crippen molar-refractivity contribution in [3.8, 4) is 0 Å². The molecule has 2 aromatic rings. The summed E-state index contributed by atoms with van der Waals surface area (Å²) in [5.41, 5.74) is 0.939. The van der Waals surface area contributed by atoms with Crippen LogP contribution in [-0.2, 0) is 9.47 Å². The maximum atomic E-state index is 12.3. The molecule has 0 radical (unpaired) electrons. The Hall–Kier alpha value is -2.39. The van der Waals surface area contributed by atoms with Crippen molar-refractivity contribution in [1.29, 1.82) is 0 Å². The van der Waals surface area contributed by atoms with Gasteiger partial charge in [0, 0.05) is 17.2 Å². The van der Waals surface area contributed by atoms with E-state index in [0.29, 0.717) is 11.3 Å². The van der Waals surface area contributed by atoms with Gasteiger partial charge in [0.15, 0.2) is 5.78 Å². The number of benzene rings is 2. The molecule has 0 N–H and O–H groups in total. The van der Waals surface area contributed by atoms with E-state index in [1.165, 1.54) is 6.08 Å². The summed E-state index contributed by atoms with van der Waals surface area (Å²) < 4.78 is 11.8. The van der Waals surface area contributed by atoms with Crippen molar-refractivity contribution in [2.75, 3.05) is 0 Å². The smallest absolute Gasteiger partial charge is 0.227 e. The number of ether oxygens (including phenoxy) is 2. The van der Waals surface area contributed by atoms with E-state index in [0.717, 1.165) is 5.56 Å². The Balaban J connectivity index is 1.85. The molecule has 0 saturated carbocycles. The van der Waals surface area contributed by atoms with E-state index < -0.39 is 11.9 Å². The van der Waals surface area contributed by atoms with Gasteiger partial charge in [-0.2, -0.15) is 0 Å². The fraction of sp³-hybridized carbons (Fsp3) is 0.211. The number of hydrogen-bond donors (Lipinski definition) is 0. The molecule has 0 unspecified atom stereocenters. The lowest BCUT2D eigenvalue weighted by molar-refractivity contribution is -0.0799. The van der Waals surface area contributed by atoms with Gasteiger partial charge < -0.3 is 9.47 Å². The van der Waals surface area contributed by atoms with Crippen LogP contribution in [-0.4, -0.2) is 11.4 Å². The van der Waals surface area contributed by atoms with Crippen molar-refractivity contribution in [2.45, 2.75) is 25.7 Å². The first-order valence-electron chi connectivity index (χ1n) is 7.27. The van der Waals surface area contributed by atoms with Gasteiger partial charge in [-0.15, -0.1) is 0 Å². The normalized spacial score (nSPS) is 21.5. The van der Waals surface area contributed by atoms with Crippen LogP contribution in [0.1, 0.15) is 36.1 Å². The van der Waals surface area contributed by atoms with Gasteiger partial charge in [-0.3, -0.25) is 4.79 Å². The maximum absolute atomic E-state index is 12.3. The van der Waals surface area contributed by atoms with Crippen molar-refractivity contribution in [1.82, 2.24) is 0 Å². The van der Waals surface area contributed by atoms with Crippen LogP contribution in [0.4, 0.5) is 0 Å². The Labute approximate surface area is 130 Å². The SMILES string of the molecule is CC1(C)O[C@H](c2ccccc2)O/C1=C\C(=O)c1ccccc1. The molecule has 0 aromatic heterocycles. The minimum Gasteiger partial charge on any atom is -0.462 e. The molecule has 1 atom stereocenters. The van der Waals surface area contributed by atoms with Crippen LogP contribution in [0.2, 0.25) is 0 Å². The lowest BCUT2D eigenvalue weighted by Crippen LogP contribution is -2.21. The number of allylic oxidation sites excluding steroid dienone is 1. The highest BCUT2D eigenvalue weighted by Gasteiger charge is 2.39. The average molecular weight is 294 g/mol. The summed E-state index contributed by atoms with van der Waals surface area (Å²) in [5.74, 6) is 0.469. The van der Waals surface area contributed by atoms with E-state index in [9.17, 15) is 4.79 Å². The number of carbonyl (C=O) groups excluding carboxylic acids is 1. The average Bonchev–Trinajstić information content (AvgIpc) is 2.84. The Morgan fingerprint density at radius 1 is 1.00 bits per heavy atom. The molecule has 0 bridgehead atoms. The molecule has 0 aliphatic carbocycles. The van der Waals surface area contributed by atoms with Crippen molar-refractivity contribution in [2.24, 2.45) is 0 Å². The predicted molar refractivity (Wildman–Crippen MR) is 84.3 cm³/mol. The molecule has 1 aliphatic heterocycles. The minimum absolute atomic E-state index is 0.0824. The first-order chi connectivity index (χ1) is 10.6. The van der Waals surface area contributed by atoms with E-state index in [4.69, 9.17) is 9.47 Å². The van der Waals surface area contributed by atoms with E-state index >= 15 is 0 Å². The van der Waals surface area contributed by atoms with Gasteiger partial charge >= 0.3 is 0 Å². The molecule has 22 heavy (non-hydrogen) atoms. The summed E-state index contributed by atoms with van der Waals surface area (Å²) >= 11 is 0. The summed E-state index contributed by atoms with van der Waals surface area (Å²) in [4.78, 5) is 12.3. The monoisotopic (exact) mass is 294 g/mol. The van der Waals surface area contributed by atoms with Crippen LogP contribution >= 0.6 is 0 Å². The minimum atomic E-state index is -0.634. The Morgan fingerprint density at radius 2 is 1.59 bits per heavy atom. The van der Waals surface area contributed by atoms with Crippen molar-refractivity contribution < 1.29 is 14.3 Å². The van der Waals surface area contributed by atoms with Gasteiger partial charge in [0.25, 0.3) is 0 Å². The first kappa shape index (κ1) is 14.5. The molecular weight excluding hydrogens is 276 g/mol. The van der Waals surface area contributed by atoms with Gasteiger partial charge in [0.05, 0.1) is 0 Å². The molecule has 0 amide bonds.